The van der Waals surface area contributed by atoms with Gasteiger partial charge in [0.15, 0.2) is 0 Å². The number of nitrogens with two attached hydrogens (primary N) is 1. The van der Waals surface area contributed by atoms with Gasteiger partial charge in [-0.3, -0.25) is 4.79 Å². The number of halogens is 1. The molecule has 234 valence electrons. The van der Waals surface area contributed by atoms with Crippen molar-refractivity contribution in [2.24, 2.45) is 17.6 Å². The predicted octanol–water partition coefficient (Wildman–Crippen LogP) is 5.10. The molecule has 0 unspecified atom stereocenters. The number of amides is 1. The van der Waals surface area contributed by atoms with E-state index in [0.717, 1.165) is 34.4 Å². The molecule has 4 N–H and O–H groups in total. The van der Waals surface area contributed by atoms with Crippen LogP contribution in [0.4, 0.5) is 4.39 Å². The number of ether oxygens (including phenoxy) is 4. The van der Waals surface area contributed by atoms with Gasteiger partial charge in [-0.1, -0.05) is 50.2 Å². The minimum Gasteiger partial charge on any atom is -0.497 e. The second kappa shape index (κ2) is 17.6. The number of methoxy groups -OCH3 is 2. The Balaban J connectivity index is 1.54. The van der Waals surface area contributed by atoms with Crippen LogP contribution in [0.15, 0.2) is 66.7 Å². The third-order valence-corrected chi connectivity index (χ3v) is 7.29. The van der Waals surface area contributed by atoms with Crippen LogP contribution < -0.4 is 20.5 Å². The third kappa shape index (κ3) is 10.9. The molecule has 8 nitrogen and oxygen atoms in total. The molecular weight excluding hydrogens is 551 g/mol. The molecule has 0 aliphatic rings. The van der Waals surface area contributed by atoms with Gasteiger partial charge in [0.05, 0.1) is 39.1 Å². The van der Waals surface area contributed by atoms with Gasteiger partial charge in [-0.05, 0) is 59.4 Å². The first-order chi connectivity index (χ1) is 20.7. The lowest BCUT2D eigenvalue weighted by molar-refractivity contribution is -0.128. The van der Waals surface area contributed by atoms with Crippen LogP contribution in [0.25, 0.3) is 11.1 Å². The third-order valence-electron chi connectivity index (χ3n) is 7.29. The van der Waals surface area contributed by atoms with E-state index in [1.165, 1.54) is 12.1 Å². The second-order valence-electron chi connectivity index (χ2n) is 10.9. The average Bonchev–Trinajstić information content (AvgIpc) is 3.01. The van der Waals surface area contributed by atoms with Crippen molar-refractivity contribution in [3.63, 3.8) is 0 Å². The van der Waals surface area contributed by atoms with Gasteiger partial charge < -0.3 is 35.1 Å². The summed E-state index contributed by atoms with van der Waals surface area (Å²) in [4.78, 5) is 13.0. The molecule has 0 aliphatic heterocycles. The number of hydrogen-bond donors (Lipinski definition) is 3. The van der Waals surface area contributed by atoms with Crippen LogP contribution in [0.3, 0.4) is 0 Å². The maximum Gasteiger partial charge on any atom is 0.223 e. The summed E-state index contributed by atoms with van der Waals surface area (Å²) >= 11 is 0. The summed E-state index contributed by atoms with van der Waals surface area (Å²) < 4.78 is 35.7. The highest BCUT2D eigenvalue weighted by atomic mass is 19.1. The molecule has 43 heavy (non-hydrogen) atoms. The molecule has 1 amide bonds. The molecule has 3 rings (SSSR count). The molecule has 0 bridgehead atoms. The first-order valence-corrected chi connectivity index (χ1v) is 14.6. The average molecular weight is 597 g/mol. The summed E-state index contributed by atoms with van der Waals surface area (Å²) in [5, 5.41) is 13.8. The maximum atomic E-state index is 13.5. The van der Waals surface area contributed by atoms with Crippen molar-refractivity contribution in [3.05, 3.63) is 83.7 Å². The molecule has 0 radical (unpaired) electrons. The van der Waals surface area contributed by atoms with Crippen LogP contribution >= 0.6 is 0 Å². The van der Waals surface area contributed by atoms with Gasteiger partial charge in [-0.25, -0.2) is 4.39 Å². The number of hydrogen-bond acceptors (Lipinski definition) is 7. The highest BCUT2D eigenvalue weighted by Gasteiger charge is 2.28. The highest BCUT2D eigenvalue weighted by Crippen LogP contribution is 2.32. The Morgan fingerprint density at radius 1 is 0.977 bits per heavy atom. The van der Waals surface area contributed by atoms with Gasteiger partial charge in [0, 0.05) is 38.2 Å². The van der Waals surface area contributed by atoms with E-state index in [9.17, 15) is 14.3 Å². The topological polar surface area (TPSA) is 112 Å². The number of carbonyl (C=O) groups excluding carboxylic acids is 1. The van der Waals surface area contributed by atoms with E-state index in [2.05, 4.69) is 5.32 Å². The fourth-order valence-corrected chi connectivity index (χ4v) is 4.63. The van der Waals surface area contributed by atoms with Gasteiger partial charge >= 0.3 is 0 Å². The minimum atomic E-state index is -0.917. The van der Waals surface area contributed by atoms with E-state index in [-0.39, 0.29) is 37.3 Å². The number of benzene rings is 3. The fraction of sp³-hybridized carbons (Fsp3) is 0.441. The van der Waals surface area contributed by atoms with E-state index in [1.807, 2.05) is 56.3 Å². The zero-order chi connectivity index (χ0) is 31.2. The van der Waals surface area contributed by atoms with Crippen molar-refractivity contribution in [2.45, 2.75) is 52.0 Å². The molecule has 3 aromatic rings. The van der Waals surface area contributed by atoms with Crippen molar-refractivity contribution >= 4 is 5.91 Å². The van der Waals surface area contributed by atoms with E-state index in [1.54, 1.807) is 26.4 Å². The zero-order valence-electron chi connectivity index (χ0n) is 25.6. The molecule has 9 heteroatoms. The molecule has 0 saturated carbocycles. The SMILES string of the molecule is COCCCOc1cc(COC[C@H](N)[C@@H](O)C[C@H](C(=O)NCc2ccc(OC)cc2)C(C)C)ccc1-c1ccc(F)cc1. The molecule has 0 spiro atoms. The molecule has 0 fully saturated rings. The second-order valence-corrected chi connectivity index (χ2v) is 10.9. The Labute approximate surface area is 254 Å². The molecule has 0 aliphatic carbocycles. The van der Waals surface area contributed by atoms with Gasteiger partial charge in [0.1, 0.15) is 17.3 Å². The van der Waals surface area contributed by atoms with Gasteiger partial charge in [-0.15, -0.1) is 0 Å². The summed E-state index contributed by atoms with van der Waals surface area (Å²) in [6.07, 6.45) is 0.0336. The van der Waals surface area contributed by atoms with Crippen molar-refractivity contribution in [2.75, 3.05) is 34.0 Å². The predicted molar refractivity (Wildman–Crippen MR) is 165 cm³/mol. The van der Waals surface area contributed by atoms with Crippen LogP contribution in [0.2, 0.25) is 0 Å². The summed E-state index contributed by atoms with van der Waals surface area (Å²) in [5.74, 6) is 0.592. The van der Waals surface area contributed by atoms with Crippen molar-refractivity contribution < 1.29 is 33.2 Å². The Bertz CT molecular complexity index is 1250. The Morgan fingerprint density at radius 2 is 1.67 bits per heavy atom. The number of aliphatic hydroxyl groups is 1. The van der Waals surface area contributed by atoms with Gasteiger partial charge in [0.25, 0.3) is 0 Å². The zero-order valence-corrected chi connectivity index (χ0v) is 25.6. The number of nitrogens with one attached hydrogen (secondary N) is 1. The van der Waals surface area contributed by atoms with Crippen molar-refractivity contribution in [1.82, 2.24) is 5.32 Å². The molecule has 0 saturated heterocycles. The monoisotopic (exact) mass is 596 g/mol. The highest BCUT2D eigenvalue weighted by molar-refractivity contribution is 5.79. The van der Waals surface area contributed by atoms with Crippen molar-refractivity contribution in [1.29, 1.82) is 0 Å². The summed E-state index contributed by atoms with van der Waals surface area (Å²) in [7, 11) is 3.25. The lowest BCUT2D eigenvalue weighted by Gasteiger charge is -2.26. The standard InChI is InChI=1S/C34H45FN2O6/c1-23(2)30(34(39)37-20-24-6-13-28(41-4)14-7-24)19-32(38)31(36)22-42-21-25-8-15-29(26-9-11-27(35)12-10-26)33(18-25)43-17-5-16-40-3/h6-15,18,23,30-32,38H,5,16-17,19-22,36H2,1-4H3,(H,37,39)/t30-,31-,32-/m0/s1. The van der Waals surface area contributed by atoms with Crippen LogP contribution in [0.1, 0.15) is 37.8 Å². The quantitative estimate of drug-likeness (QED) is 0.175. The molecule has 3 atom stereocenters. The van der Waals surface area contributed by atoms with Crippen LogP contribution in [-0.4, -0.2) is 57.2 Å². The lowest BCUT2D eigenvalue weighted by atomic mass is 9.87. The van der Waals surface area contributed by atoms with E-state index in [4.69, 9.17) is 24.7 Å². The minimum absolute atomic E-state index is 0.0144. The van der Waals surface area contributed by atoms with Crippen molar-refractivity contribution in [3.8, 4) is 22.6 Å². The first kappa shape index (κ1) is 34.0. The Morgan fingerprint density at radius 3 is 2.33 bits per heavy atom. The van der Waals surface area contributed by atoms with E-state index in [0.29, 0.717) is 25.5 Å². The molecule has 0 heterocycles. The Hall–Kier alpha value is -3.50. The number of rotatable bonds is 18. The number of carbonyl (C=O) groups is 1. The maximum absolute atomic E-state index is 13.5. The fourth-order valence-electron chi connectivity index (χ4n) is 4.63. The largest absolute Gasteiger partial charge is 0.497 e. The van der Waals surface area contributed by atoms with E-state index < -0.39 is 18.1 Å². The summed E-state index contributed by atoms with van der Waals surface area (Å²) in [5.41, 5.74) is 9.78. The summed E-state index contributed by atoms with van der Waals surface area (Å²) in [6, 6.07) is 18.8. The molecule has 0 aromatic heterocycles. The Kier molecular flexibility index (Phi) is 13.9. The van der Waals surface area contributed by atoms with Crippen LogP contribution in [-0.2, 0) is 27.4 Å². The summed E-state index contributed by atoms with van der Waals surface area (Å²) in [6.45, 7) is 5.71. The van der Waals surface area contributed by atoms with Gasteiger partial charge in [-0.2, -0.15) is 0 Å². The number of aliphatic hydroxyl groups excluding tert-OH is 1. The van der Waals surface area contributed by atoms with Gasteiger partial charge in [0.2, 0.25) is 5.91 Å². The smallest absolute Gasteiger partial charge is 0.223 e. The van der Waals surface area contributed by atoms with E-state index >= 15 is 0 Å². The van der Waals surface area contributed by atoms with Crippen LogP contribution in [0, 0.1) is 17.7 Å². The van der Waals surface area contributed by atoms with Crippen LogP contribution in [0.5, 0.6) is 11.5 Å². The first-order valence-electron chi connectivity index (χ1n) is 14.6. The normalized spacial score (nSPS) is 13.4. The molecule has 3 aromatic carbocycles. The lowest BCUT2D eigenvalue weighted by Crippen LogP contribution is -2.43. The molecular formula is C34H45FN2O6.